The quantitative estimate of drug-likeness (QED) is 0.602. The number of benzene rings is 2. The van der Waals surface area contributed by atoms with E-state index in [1.165, 1.54) is 14.0 Å². The van der Waals surface area contributed by atoms with E-state index in [1.54, 1.807) is 35.0 Å². The van der Waals surface area contributed by atoms with Crippen molar-refractivity contribution in [2.75, 3.05) is 12.4 Å². The van der Waals surface area contributed by atoms with Crippen molar-refractivity contribution in [3.8, 4) is 11.4 Å². The Hall–Kier alpha value is -3.61. The van der Waals surface area contributed by atoms with Crippen LogP contribution in [0.3, 0.4) is 0 Å². The zero-order valence-corrected chi connectivity index (χ0v) is 16.9. The van der Waals surface area contributed by atoms with E-state index in [4.69, 9.17) is 9.47 Å². The Balaban J connectivity index is 1.51. The van der Waals surface area contributed by atoms with E-state index in [0.717, 1.165) is 24.2 Å². The summed E-state index contributed by atoms with van der Waals surface area (Å²) >= 11 is 0. The van der Waals surface area contributed by atoms with Crippen LogP contribution in [-0.4, -0.2) is 34.9 Å². The number of carbonyl (C=O) groups is 2. The lowest BCUT2D eigenvalue weighted by atomic mass is 10.2. The Kier molecular flexibility index (Phi) is 5.52. The molecule has 1 aliphatic rings. The van der Waals surface area contributed by atoms with E-state index in [1.807, 2.05) is 30.3 Å². The van der Waals surface area contributed by atoms with Gasteiger partial charge < -0.3 is 14.8 Å². The van der Waals surface area contributed by atoms with Crippen LogP contribution in [0.4, 0.5) is 5.69 Å². The van der Waals surface area contributed by atoms with Crippen LogP contribution in [0.2, 0.25) is 0 Å². The maximum Gasteiger partial charge on any atom is 0.357 e. The average Bonchev–Trinajstić information content (AvgIpc) is 3.52. The predicted molar refractivity (Wildman–Crippen MR) is 112 cm³/mol. The number of ether oxygens (including phenoxy) is 2. The molecule has 0 bridgehead atoms. The van der Waals surface area contributed by atoms with Gasteiger partial charge in [-0.2, -0.15) is 5.10 Å². The molecule has 0 radical (unpaired) electrons. The van der Waals surface area contributed by atoms with Gasteiger partial charge in [0.25, 0.3) is 5.91 Å². The summed E-state index contributed by atoms with van der Waals surface area (Å²) in [4.78, 5) is 25.5. The van der Waals surface area contributed by atoms with E-state index >= 15 is 0 Å². The molecule has 1 N–H and O–H groups in total. The Morgan fingerprint density at radius 3 is 2.50 bits per heavy atom. The van der Waals surface area contributed by atoms with Crippen molar-refractivity contribution in [1.82, 2.24) is 9.78 Å². The number of nitrogens with one attached hydrogen (secondary N) is 1. The highest BCUT2D eigenvalue weighted by atomic mass is 16.5. The first kappa shape index (κ1) is 19.7. The molecule has 1 heterocycles. The second kappa shape index (κ2) is 8.41. The molecule has 7 heteroatoms. The van der Waals surface area contributed by atoms with Crippen LogP contribution in [-0.2, 0) is 9.53 Å². The van der Waals surface area contributed by atoms with Crippen LogP contribution in [0, 0.1) is 0 Å². The van der Waals surface area contributed by atoms with Crippen molar-refractivity contribution in [2.45, 2.75) is 31.8 Å². The van der Waals surface area contributed by atoms with Crippen LogP contribution < -0.4 is 10.1 Å². The summed E-state index contributed by atoms with van der Waals surface area (Å²) in [6, 6.07) is 18.2. The fraction of sp³-hybridized carbons (Fsp3) is 0.261. The molecule has 0 unspecified atom stereocenters. The number of amides is 1. The van der Waals surface area contributed by atoms with E-state index in [0.29, 0.717) is 23.0 Å². The normalized spacial score (nSPS) is 14.1. The predicted octanol–water partition coefficient (Wildman–Crippen LogP) is 3.94. The zero-order valence-electron chi connectivity index (χ0n) is 16.9. The highest BCUT2D eigenvalue weighted by molar-refractivity contribution is 5.98. The smallest absolute Gasteiger partial charge is 0.357 e. The Morgan fingerprint density at radius 1 is 1.10 bits per heavy atom. The molecule has 3 aromatic rings. The van der Waals surface area contributed by atoms with Crippen LogP contribution >= 0.6 is 0 Å². The van der Waals surface area contributed by atoms with Gasteiger partial charge in [-0.1, -0.05) is 30.3 Å². The average molecular weight is 405 g/mol. The van der Waals surface area contributed by atoms with Crippen molar-refractivity contribution in [3.63, 3.8) is 0 Å². The summed E-state index contributed by atoms with van der Waals surface area (Å²) in [5.74, 6) is -0.129. The number of nitrogens with zero attached hydrogens (tertiary/aromatic N) is 2. The molecule has 0 spiro atoms. The minimum atomic E-state index is -0.995. The molecule has 30 heavy (non-hydrogen) atoms. The van der Waals surface area contributed by atoms with Gasteiger partial charge in [0.05, 0.1) is 24.2 Å². The third-order valence-electron chi connectivity index (χ3n) is 4.95. The van der Waals surface area contributed by atoms with Gasteiger partial charge in [0.1, 0.15) is 5.75 Å². The van der Waals surface area contributed by atoms with Gasteiger partial charge in [0.2, 0.25) is 0 Å². The monoisotopic (exact) mass is 405 g/mol. The van der Waals surface area contributed by atoms with Gasteiger partial charge in [0, 0.05) is 5.92 Å². The topological polar surface area (TPSA) is 82.4 Å². The van der Waals surface area contributed by atoms with Crippen molar-refractivity contribution in [3.05, 3.63) is 72.1 Å². The third-order valence-corrected chi connectivity index (χ3v) is 4.95. The van der Waals surface area contributed by atoms with Gasteiger partial charge >= 0.3 is 5.97 Å². The lowest BCUT2D eigenvalue weighted by molar-refractivity contribution is -0.123. The molecule has 0 saturated heterocycles. The van der Waals surface area contributed by atoms with Crippen molar-refractivity contribution in [1.29, 1.82) is 0 Å². The van der Waals surface area contributed by atoms with Gasteiger partial charge in [0.15, 0.2) is 11.8 Å². The standard InChI is InChI=1S/C23H23N3O4/c1-15(22(27)24-18-10-6-7-11-21(18)29-2)30-23(28)20-14-19(16-12-13-16)25-26(20)17-8-4-3-5-9-17/h3-11,14-16H,12-13H2,1-2H3,(H,24,27)/t15-/m0/s1. The van der Waals surface area contributed by atoms with Crippen molar-refractivity contribution < 1.29 is 19.1 Å². The number of rotatable bonds is 7. The van der Waals surface area contributed by atoms with E-state index in [-0.39, 0.29) is 0 Å². The summed E-state index contributed by atoms with van der Waals surface area (Å²) in [7, 11) is 1.52. The number of carbonyl (C=O) groups excluding carboxylic acids is 2. The summed E-state index contributed by atoms with van der Waals surface area (Å²) in [5, 5.41) is 7.34. The second-order valence-corrected chi connectivity index (χ2v) is 7.21. The molecule has 1 atom stereocenters. The fourth-order valence-corrected chi connectivity index (χ4v) is 3.15. The van der Waals surface area contributed by atoms with Gasteiger partial charge in [-0.05, 0) is 50.1 Å². The van der Waals surface area contributed by atoms with Crippen LogP contribution in [0.25, 0.3) is 5.69 Å². The third kappa shape index (κ3) is 4.20. The lowest BCUT2D eigenvalue weighted by Crippen LogP contribution is -2.30. The molecule has 154 valence electrons. The highest BCUT2D eigenvalue weighted by Gasteiger charge is 2.30. The summed E-state index contributed by atoms with van der Waals surface area (Å²) < 4.78 is 12.3. The van der Waals surface area contributed by atoms with Crippen LogP contribution in [0.5, 0.6) is 5.75 Å². The van der Waals surface area contributed by atoms with Crippen LogP contribution in [0.1, 0.15) is 41.9 Å². The minimum absolute atomic E-state index is 0.306. The second-order valence-electron chi connectivity index (χ2n) is 7.21. The van der Waals surface area contributed by atoms with Gasteiger partial charge in [-0.15, -0.1) is 0 Å². The molecule has 1 saturated carbocycles. The first-order valence-electron chi connectivity index (χ1n) is 9.87. The maximum atomic E-state index is 12.9. The number of hydrogen-bond acceptors (Lipinski definition) is 5. The SMILES string of the molecule is COc1ccccc1NC(=O)[C@H](C)OC(=O)c1cc(C2CC2)nn1-c1ccccc1. The number of methoxy groups -OCH3 is 1. The zero-order chi connectivity index (χ0) is 21.1. The highest BCUT2D eigenvalue weighted by Crippen LogP contribution is 2.39. The number of aromatic nitrogens is 2. The molecule has 0 aliphatic heterocycles. The maximum absolute atomic E-state index is 12.9. The molecule has 1 aliphatic carbocycles. The Bertz CT molecular complexity index is 1060. The van der Waals surface area contributed by atoms with Gasteiger partial charge in [-0.25, -0.2) is 9.48 Å². The van der Waals surface area contributed by atoms with Crippen molar-refractivity contribution in [2.24, 2.45) is 0 Å². The molecule has 4 rings (SSSR count). The molecule has 2 aromatic carbocycles. The fourth-order valence-electron chi connectivity index (χ4n) is 3.15. The van der Waals surface area contributed by atoms with Crippen LogP contribution in [0.15, 0.2) is 60.7 Å². The number of esters is 1. The molecule has 1 fully saturated rings. The molecular weight excluding hydrogens is 382 g/mol. The summed E-state index contributed by atoms with van der Waals surface area (Å²) in [6.07, 6.45) is 1.14. The summed E-state index contributed by atoms with van der Waals surface area (Å²) in [5.41, 5.74) is 2.46. The summed E-state index contributed by atoms with van der Waals surface area (Å²) in [6.45, 7) is 1.54. The van der Waals surface area contributed by atoms with E-state index in [9.17, 15) is 9.59 Å². The first-order valence-corrected chi connectivity index (χ1v) is 9.87. The largest absolute Gasteiger partial charge is 0.495 e. The Labute approximate surface area is 174 Å². The molecule has 7 nitrogen and oxygen atoms in total. The minimum Gasteiger partial charge on any atom is -0.495 e. The molecular formula is C23H23N3O4. The van der Waals surface area contributed by atoms with E-state index < -0.39 is 18.0 Å². The molecule has 1 amide bonds. The first-order chi connectivity index (χ1) is 14.6. The number of hydrogen-bond donors (Lipinski definition) is 1. The van der Waals surface area contributed by atoms with E-state index in [2.05, 4.69) is 10.4 Å². The number of anilines is 1. The number of para-hydroxylation sites is 3. The lowest BCUT2D eigenvalue weighted by Gasteiger charge is -2.15. The van der Waals surface area contributed by atoms with Crippen molar-refractivity contribution >= 4 is 17.6 Å². The molecule has 1 aromatic heterocycles. The van der Waals surface area contributed by atoms with Gasteiger partial charge in [-0.3, -0.25) is 4.79 Å². The Morgan fingerprint density at radius 2 is 1.80 bits per heavy atom.